The molecule has 0 amide bonds. The van der Waals surface area contributed by atoms with E-state index in [4.69, 9.17) is 8.83 Å². The largest absolute Gasteiger partial charge is 0.454 e. The van der Waals surface area contributed by atoms with Crippen LogP contribution in [-0.4, -0.2) is 0 Å². The van der Waals surface area contributed by atoms with E-state index in [1.165, 1.54) is 27.1 Å². The highest BCUT2D eigenvalue weighted by molar-refractivity contribution is 6.16. The molecule has 0 atom stereocenters. The van der Waals surface area contributed by atoms with Gasteiger partial charge in [-0.1, -0.05) is 152 Å². The molecule has 11 aromatic rings. The summed E-state index contributed by atoms with van der Waals surface area (Å²) in [5, 5.41) is 9.36. The van der Waals surface area contributed by atoms with Crippen LogP contribution in [0.25, 0.3) is 87.7 Å². The van der Waals surface area contributed by atoms with Crippen LogP contribution in [0, 0.1) is 0 Å². The molecule has 0 aliphatic rings. The van der Waals surface area contributed by atoms with Crippen molar-refractivity contribution in [1.29, 1.82) is 0 Å². The van der Waals surface area contributed by atoms with Crippen LogP contribution in [0.3, 0.4) is 0 Å². The van der Waals surface area contributed by atoms with Gasteiger partial charge in [0, 0.05) is 32.8 Å². The minimum atomic E-state index is 0.824. The van der Waals surface area contributed by atoms with Crippen molar-refractivity contribution in [2.75, 3.05) is 4.90 Å². The normalized spacial score (nSPS) is 11.8. The zero-order chi connectivity index (χ0) is 34.9. The van der Waals surface area contributed by atoms with E-state index in [2.05, 4.69) is 175 Å². The molecule has 53 heavy (non-hydrogen) atoms. The molecule has 0 aliphatic heterocycles. The average Bonchev–Trinajstić information content (AvgIpc) is 3.81. The monoisotopic (exact) mass is 677 g/mol. The molecular formula is C50H31NO2. The average molecular weight is 678 g/mol. The van der Waals surface area contributed by atoms with E-state index in [1.807, 2.05) is 18.2 Å². The van der Waals surface area contributed by atoms with E-state index in [0.717, 1.165) is 77.6 Å². The molecule has 3 nitrogen and oxygen atoms in total. The first-order valence-corrected chi connectivity index (χ1v) is 18.0. The Morgan fingerprint density at radius 2 is 0.906 bits per heavy atom. The number of rotatable bonds is 5. The third-order valence-electron chi connectivity index (χ3n) is 10.7. The Balaban J connectivity index is 1.11. The van der Waals surface area contributed by atoms with Crippen molar-refractivity contribution in [2.24, 2.45) is 0 Å². The van der Waals surface area contributed by atoms with Gasteiger partial charge in [0.25, 0.3) is 0 Å². The molecule has 0 bridgehead atoms. The second-order valence-corrected chi connectivity index (χ2v) is 13.7. The summed E-state index contributed by atoms with van der Waals surface area (Å²) >= 11 is 0. The first-order valence-electron chi connectivity index (χ1n) is 18.0. The van der Waals surface area contributed by atoms with Gasteiger partial charge in [0.05, 0.1) is 11.4 Å². The van der Waals surface area contributed by atoms with Gasteiger partial charge in [-0.3, -0.25) is 0 Å². The minimum absolute atomic E-state index is 0.824. The number of anilines is 3. The molecule has 2 aromatic heterocycles. The molecule has 248 valence electrons. The number of benzene rings is 9. The number of fused-ring (bicyclic) bond motifs is 9. The minimum Gasteiger partial charge on any atom is -0.454 e. The molecule has 2 heterocycles. The van der Waals surface area contributed by atoms with E-state index in [-0.39, 0.29) is 0 Å². The molecule has 11 rings (SSSR count). The lowest BCUT2D eigenvalue weighted by molar-refractivity contribution is 0.666. The maximum absolute atomic E-state index is 6.96. The highest BCUT2D eigenvalue weighted by atomic mass is 16.3. The first-order chi connectivity index (χ1) is 26.3. The molecule has 0 saturated heterocycles. The second-order valence-electron chi connectivity index (χ2n) is 13.7. The zero-order valence-electron chi connectivity index (χ0n) is 28.7. The van der Waals surface area contributed by atoms with E-state index in [1.54, 1.807) is 0 Å². The van der Waals surface area contributed by atoms with Crippen LogP contribution in [-0.2, 0) is 0 Å². The van der Waals surface area contributed by atoms with Gasteiger partial charge in [-0.25, -0.2) is 0 Å². The van der Waals surface area contributed by atoms with Crippen LogP contribution in [0.15, 0.2) is 197 Å². The Kier molecular flexibility index (Phi) is 6.55. The fourth-order valence-electron chi connectivity index (χ4n) is 8.14. The summed E-state index contributed by atoms with van der Waals surface area (Å²) in [5.41, 5.74) is 10.8. The fourth-order valence-corrected chi connectivity index (χ4v) is 8.14. The van der Waals surface area contributed by atoms with Crippen molar-refractivity contribution in [1.82, 2.24) is 0 Å². The maximum atomic E-state index is 6.96. The van der Waals surface area contributed by atoms with Crippen molar-refractivity contribution in [3.63, 3.8) is 0 Å². The topological polar surface area (TPSA) is 29.5 Å². The highest BCUT2D eigenvalue weighted by Crippen LogP contribution is 2.47. The van der Waals surface area contributed by atoms with Crippen molar-refractivity contribution in [3.8, 4) is 22.3 Å². The summed E-state index contributed by atoms with van der Waals surface area (Å²) in [6, 6.07) is 66.6. The van der Waals surface area contributed by atoms with Gasteiger partial charge in [0.2, 0.25) is 0 Å². The molecule has 0 fully saturated rings. The predicted octanol–water partition coefficient (Wildman–Crippen LogP) is 14.6. The standard InChI is InChI=1S/C50H31NO2/c1-2-11-33(12-3-1)40-16-8-17-43-44-19-10-21-46(50(44)53-48(40)43)51(45-20-9-18-42-41-15-6-7-22-47(41)52-49(42)45)37-28-25-32(26-29-37)35-27-30-39-36(31-35)24-23-34-13-4-5-14-38(34)39/h1-31H. The summed E-state index contributed by atoms with van der Waals surface area (Å²) in [4.78, 5) is 2.29. The first kappa shape index (κ1) is 29.6. The lowest BCUT2D eigenvalue weighted by atomic mass is 9.97. The molecular weight excluding hydrogens is 647 g/mol. The summed E-state index contributed by atoms with van der Waals surface area (Å²) in [5.74, 6) is 0. The second kappa shape index (κ2) is 11.7. The Bertz CT molecular complexity index is 3170. The van der Waals surface area contributed by atoms with Crippen LogP contribution < -0.4 is 4.90 Å². The van der Waals surface area contributed by atoms with E-state index in [9.17, 15) is 0 Å². The molecule has 0 unspecified atom stereocenters. The van der Waals surface area contributed by atoms with Gasteiger partial charge in [0.15, 0.2) is 11.2 Å². The van der Waals surface area contributed by atoms with Crippen LogP contribution in [0.2, 0.25) is 0 Å². The molecule has 0 radical (unpaired) electrons. The van der Waals surface area contributed by atoms with E-state index >= 15 is 0 Å². The van der Waals surface area contributed by atoms with Gasteiger partial charge in [-0.2, -0.15) is 0 Å². The maximum Gasteiger partial charge on any atom is 0.159 e. The summed E-state index contributed by atoms with van der Waals surface area (Å²) in [7, 11) is 0. The zero-order valence-corrected chi connectivity index (χ0v) is 28.7. The Hall–Kier alpha value is -7.10. The van der Waals surface area contributed by atoms with Gasteiger partial charge >= 0.3 is 0 Å². The van der Waals surface area contributed by atoms with Crippen molar-refractivity contribution in [2.45, 2.75) is 0 Å². The summed E-state index contributed by atoms with van der Waals surface area (Å²) in [6.07, 6.45) is 0. The smallest absolute Gasteiger partial charge is 0.159 e. The number of hydrogen-bond acceptors (Lipinski definition) is 3. The molecule has 0 N–H and O–H groups in total. The molecule has 3 heteroatoms. The number of nitrogens with zero attached hydrogens (tertiary/aromatic N) is 1. The number of furan rings is 2. The highest BCUT2D eigenvalue weighted by Gasteiger charge is 2.24. The summed E-state index contributed by atoms with van der Waals surface area (Å²) in [6.45, 7) is 0. The van der Waals surface area contributed by atoms with Crippen LogP contribution >= 0.6 is 0 Å². The molecule has 0 saturated carbocycles. The Morgan fingerprint density at radius 1 is 0.321 bits per heavy atom. The Labute approximate surface area is 305 Å². The van der Waals surface area contributed by atoms with Gasteiger partial charge in [-0.05, 0) is 74.6 Å². The predicted molar refractivity (Wildman–Crippen MR) is 222 cm³/mol. The van der Waals surface area contributed by atoms with E-state index in [0.29, 0.717) is 0 Å². The van der Waals surface area contributed by atoms with Crippen molar-refractivity contribution >= 4 is 82.5 Å². The van der Waals surface area contributed by atoms with Crippen LogP contribution in [0.1, 0.15) is 0 Å². The van der Waals surface area contributed by atoms with E-state index < -0.39 is 0 Å². The lowest BCUT2D eigenvalue weighted by Gasteiger charge is -2.25. The SMILES string of the molecule is c1ccc(-c2cccc3c2oc2c(N(c4ccc(-c5ccc6c(ccc7ccccc76)c5)cc4)c4cccc5c4oc4ccccc45)cccc23)cc1. The number of hydrogen-bond donors (Lipinski definition) is 0. The van der Waals surface area contributed by atoms with Crippen LogP contribution in [0.4, 0.5) is 17.1 Å². The molecule has 9 aromatic carbocycles. The Morgan fingerprint density at radius 3 is 1.72 bits per heavy atom. The quantitative estimate of drug-likeness (QED) is 0.170. The summed E-state index contributed by atoms with van der Waals surface area (Å²) < 4.78 is 13.6. The van der Waals surface area contributed by atoms with Crippen molar-refractivity contribution < 1.29 is 8.83 Å². The molecule has 0 aliphatic carbocycles. The van der Waals surface area contributed by atoms with Crippen LogP contribution in [0.5, 0.6) is 0 Å². The fraction of sp³-hybridized carbons (Fsp3) is 0. The molecule has 0 spiro atoms. The third-order valence-corrected chi connectivity index (χ3v) is 10.7. The van der Waals surface area contributed by atoms with Gasteiger partial charge < -0.3 is 13.7 Å². The lowest BCUT2D eigenvalue weighted by Crippen LogP contribution is -2.10. The van der Waals surface area contributed by atoms with Gasteiger partial charge in [-0.15, -0.1) is 0 Å². The van der Waals surface area contributed by atoms with Gasteiger partial charge in [0.1, 0.15) is 11.2 Å². The number of para-hydroxylation sites is 4. The van der Waals surface area contributed by atoms with Crippen molar-refractivity contribution in [3.05, 3.63) is 188 Å². The third kappa shape index (κ3) is 4.68.